The van der Waals surface area contributed by atoms with Gasteiger partial charge in [-0.2, -0.15) is 5.26 Å². The van der Waals surface area contributed by atoms with E-state index in [0.717, 1.165) is 31.2 Å². The van der Waals surface area contributed by atoms with Gasteiger partial charge in [-0.15, -0.1) is 0 Å². The third-order valence-corrected chi connectivity index (χ3v) is 4.80. The number of piperidine rings is 1. The summed E-state index contributed by atoms with van der Waals surface area (Å²) in [6.45, 7) is 5.51. The molecule has 2 aliphatic rings. The van der Waals surface area contributed by atoms with Crippen molar-refractivity contribution in [1.29, 1.82) is 5.26 Å². The van der Waals surface area contributed by atoms with Gasteiger partial charge in [0.2, 0.25) is 0 Å². The topological polar surface area (TPSA) is 53.1 Å². The molecule has 2 N–H and O–H groups in total. The lowest BCUT2D eigenvalue weighted by Gasteiger charge is -2.41. The monoisotopic (exact) mass is 249 g/mol. The fourth-order valence-electron chi connectivity index (χ4n) is 3.61. The molecule has 1 saturated carbocycles. The van der Waals surface area contributed by atoms with Crippen LogP contribution in [0.4, 0.5) is 0 Å². The van der Waals surface area contributed by atoms with Gasteiger partial charge in [0.05, 0.1) is 6.07 Å². The number of nitrogens with zero attached hydrogens (tertiary/aromatic N) is 2. The van der Waals surface area contributed by atoms with Gasteiger partial charge in [-0.3, -0.25) is 0 Å². The van der Waals surface area contributed by atoms with Crippen molar-refractivity contribution in [2.24, 2.45) is 17.6 Å². The second-order valence-corrected chi connectivity index (χ2v) is 6.53. The molecule has 102 valence electrons. The molecule has 1 aliphatic carbocycles. The summed E-state index contributed by atoms with van der Waals surface area (Å²) in [7, 11) is 0. The molecule has 2 rings (SSSR count). The Morgan fingerprint density at radius 2 is 2.00 bits per heavy atom. The summed E-state index contributed by atoms with van der Waals surface area (Å²) < 4.78 is 0. The first-order chi connectivity index (χ1) is 8.61. The molecule has 3 nitrogen and oxygen atoms in total. The molecule has 0 amide bonds. The zero-order chi connectivity index (χ0) is 13.0. The lowest BCUT2D eigenvalue weighted by molar-refractivity contribution is 0.0850. The maximum atomic E-state index is 8.90. The maximum Gasteiger partial charge on any atom is 0.101 e. The van der Waals surface area contributed by atoms with E-state index in [4.69, 9.17) is 11.0 Å². The second kappa shape index (κ2) is 6.04. The molecule has 0 aromatic carbocycles. The highest BCUT2D eigenvalue weighted by atomic mass is 15.1. The van der Waals surface area contributed by atoms with E-state index >= 15 is 0 Å². The smallest absolute Gasteiger partial charge is 0.101 e. The number of hydrogen-bond acceptors (Lipinski definition) is 3. The van der Waals surface area contributed by atoms with Crippen LogP contribution in [0.3, 0.4) is 0 Å². The van der Waals surface area contributed by atoms with Crippen LogP contribution in [-0.2, 0) is 0 Å². The molecule has 3 unspecified atom stereocenters. The van der Waals surface area contributed by atoms with Crippen LogP contribution in [0.2, 0.25) is 0 Å². The summed E-state index contributed by atoms with van der Waals surface area (Å²) in [5.41, 5.74) is 5.22. The Morgan fingerprint density at radius 1 is 1.28 bits per heavy atom. The van der Waals surface area contributed by atoms with Crippen molar-refractivity contribution in [3.8, 4) is 6.07 Å². The fourth-order valence-corrected chi connectivity index (χ4v) is 3.61. The predicted molar refractivity (Wildman–Crippen MR) is 73.9 cm³/mol. The Morgan fingerprint density at radius 3 is 2.72 bits per heavy atom. The predicted octanol–water partition coefficient (Wildman–Crippen LogP) is 2.52. The highest BCUT2D eigenvalue weighted by Gasteiger charge is 2.30. The van der Waals surface area contributed by atoms with Crippen molar-refractivity contribution in [1.82, 2.24) is 4.90 Å². The molecule has 0 bridgehead atoms. The largest absolute Gasteiger partial charge is 0.314 e. The Balaban J connectivity index is 1.70. The minimum absolute atomic E-state index is 0.636. The summed E-state index contributed by atoms with van der Waals surface area (Å²) in [6.07, 6.45) is 9.05. The average molecular weight is 249 g/mol. The molecule has 1 heterocycles. The van der Waals surface area contributed by atoms with Crippen LogP contribution in [0.25, 0.3) is 0 Å². The van der Waals surface area contributed by atoms with Crippen molar-refractivity contribution in [2.75, 3.05) is 19.6 Å². The summed E-state index contributed by atoms with van der Waals surface area (Å²) in [4.78, 5) is 2.60. The second-order valence-electron chi connectivity index (χ2n) is 6.53. The van der Waals surface area contributed by atoms with Crippen molar-refractivity contribution in [3.05, 3.63) is 0 Å². The lowest BCUT2D eigenvalue weighted by Crippen LogP contribution is -2.43. The standard InChI is InChI=1S/C15H27N3/c1-15(17,12-16)8-4-9-18-10-7-13-5-2-3-6-14(13)11-18/h13-14H,2-11,17H2,1H3. The normalized spacial score (nSPS) is 32.3. The average Bonchev–Trinajstić information content (AvgIpc) is 2.38. The minimum atomic E-state index is -0.636. The summed E-state index contributed by atoms with van der Waals surface area (Å²) in [5, 5.41) is 8.90. The summed E-state index contributed by atoms with van der Waals surface area (Å²) >= 11 is 0. The van der Waals surface area contributed by atoms with E-state index in [0.29, 0.717) is 0 Å². The van der Waals surface area contributed by atoms with Gasteiger partial charge in [0.25, 0.3) is 0 Å². The molecule has 1 saturated heterocycles. The third-order valence-electron chi connectivity index (χ3n) is 4.80. The number of rotatable bonds is 4. The van der Waals surface area contributed by atoms with Crippen LogP contribution in [0.5, 0.6) is 0 Å². The number of hydrogen-bond donors (Lipinski definition) is 1. The molecule has 2 fully saturated rings. The van der Waals surface area contributed by atoms with Crippen molar-refractivity contribution in [2.45, 2.75) is 57.4 Å². The van der Waals surface area contributed by atoms with Crippen LogP contribution in [-0.4, -0.2) is 30.1 Å². The van der Waals surface area contributed by atoms with E-state index < -0.39 is 5.54 Å². The molecule has 0 aromatic rings. The first-order valence-corrected chi connectivity index (χ1v) is 7.53. The third kappa shape index (κ3) is 3.70. The minimum Gasteiger partial charge on any atom is -0.314 e. The van der Waals surface area contributed by atoms with Crippen molar-refractivity contribution in [3.63, 3.8) is 0 Å². The van der Waals surface area contributed by atoms with Gasteiger partial charge >= 0.3 is 0 Å². The van der Waals surface area contributed by atoms with E-state index in [-0.39, 0.29) is 0 Å². The van der Waals surface area contributed by atoms with E-state index in [9.17, 15) is 0 Å². The van der Waals surface area contributed by atoms with E-state index in [2.05, 4.69) is 11.0 Å². The molecule has 1 aliphatic heterocycles. The molecule has 0 radical (unpaired) electrons. The number of nitrogens with two attached hydrogens (primary N) is 1. The number of fused-ring (bicyclic) bond motifs is 1. The van der Waals surface area contributed by atoms with Crippen LogP contribution < -0.4 is 5.73 Å². The molecule has 18 heavy (non-hydrogen) atoms. The lowest BCUT2D eigenvalue weighted by atomic mass is 9.75. The van der Waals surface area contributed by atoms with Gasteiger partial charge in [0, 0.05) is 6.54 Å². The Labute approximate surface area is 111 Å². The Bertz CT molecular complexity index is 305. The Hall–Kier alpha value is -0.590. The van der Waals surface area contributed by atoms with Crippen LogP contribution in [0.15, 0.2) is 0 Å². The van der Waals surface area contributed by atoms with Crippen molar-refractivity contribution < 1.29 is 0 Å². The van der Waals surface area contributed by atoms with E-state index in [1.807, 2.05) is 6.92 Å². The van der Waals surface area contributed by atoms with Crippen LogP contribution in [0.1, 0.15) is 51.9 Å². The highest BCUT2D eigenvalue weighted by Crippen LogP contribution is 2.36. The van der Waals surface area contributed by atoms with Crippen LogP contribution in [0, 0.1) is 23.2 Å². The highest BCUT2D eigenvalue weighted by molar-refractivity contribution is 5.00. The van der Waals surface area contributed by atoms with Gasteiger partial charge < -0.3 is 10.6 Å². The summed E-state index contributed by atoms with van der Waals surface area (Å²) in [5.74, 6) is 1.96. The fraction of sp³-hybridized carbons (Fsp3) is 0.933. The van der Waals surface area contributed by atoms with Gasteiger partial charge in [-0.1, -0.05) is 19.3 Å². The first-order valence-electron chi connectivity index (χ1n) is 7.53. The molecule has 3 atom stereocenters. The molecular formula is C15H27N3. The van der Waals surface area contributed by atoms with E-state index in [1.165, 1.54) is 45.2 Å². The summed E-state index contributed by atoms with van der Waals surface area (Å²) in [6, 6.07) is 2.18. The first kappa shape index (κ1) is 13.8. The number of nitriles is 1. The zero-order valence-corrected chi connectivity index (χ0v) is 11.7. The van der Waals surface area contributed by atoms with Gasteiger partial charge in [0.1, 0.15) is 5.54 Å². The zero-order valence-electron chi connectivity index (χ0n) is 11.7. The maximum absolute atomic E-state index is 8.90. The van der Waals surface area contributed by atoms with Gasteiger partial charge in [0.15, 0.2) is 0 Å². The molecule has 0 aromatic heterocycles. The van der Waals surface area contributed by atoms with Crippen molar-refractivity contribution >= 4 is 0 Å². The van der Waals surface area contributed by atoms with E-state index in [1.54, 1.807) is 0 Å². The quantitative estimate of drug-likeness (QED) is 0.833. The molecule has 3 heteroatoms. The Kier molecular flexibility index (Phi) is 4.64. The number of likely N-dealkylation sites (tertiary alicyclic amines) is 1. The SMILES string of the molecule is CC(N)(C#N)CCCN1CCC2CCCCC2C1. The van der Waals surface area contributed by atoms with Crippen LogP contribution >= 0.6 is 0 Å². The van der Waals surface area contributed by atoms with Gasteiger partial charge in [-0.25, -0.2) is 0 Å². The molecule has 0 spiro atoms. The molecular weight excluding hydrogens is 222 g/mol. The van der Waals surface area contributed by atoms with Gasteiger partial charge in [-0.05, 0) is 57.5 Å².